The van der Waals surface area contributed by atoms with Gasteiger partial charge < -0.3 is 14.5 Å². The third-order valence-electron chi connectivity index (χ3n) is 3.95. The Labute approximate surface area is 178 Å². The van der Waals surface area contributed by atoms with Crippen LogP contribution in [0.1, 0.15) is 35.4 Å². The van der Waals surface area contributed by atoms with E-state index in [1.807, 2.05) is 6.92 Å². The van der Waals surface area contributed by atoms with E-state index < -0.39 is 0 Å². The lowest BCUT2D eigenvalue weighted by Gasteiger charge is -2.06. The zero-order valence-electron chi connectivity index (χ0n) is 16.0. The van der Waals surface area contributed by atoms with Crippen molar-refractivity contribution in [1.82, 2.24) is 15.1 Å². The van der Waals surface area contributed by atoms with Crippen LogP contribution in [-0.2, 0) is 13.7 Å². The first-order chi connectivity index (χ1) is 14.0. The Kier molecular flexibility index (Phi) is 6.95. The van der Waals surface area contributed by atoms with E-state index in [1.165, 1.54) is 17.1 Å². The number of rotatable bonds is 8. The van der Waals surface area contributed by atoms with E-state index in [0.29, 0.717) is 45.2 Å². The van der Waals surface area contributed by atoms with Gasteiger partial charge in [0.05, 0.1) is 17.4 Å². The van der Waals surface area contributed by atoms with Crippen LogP contribution in [0.25, 0.3) is 0 Å². The van der Waals surface area contributed by atoms with Crippen LogP contribution in [-0.4, -0.2) is 28.4 Å². The summed E-state index contributed by atoms with van der Waals surface area (Å²) in [6.45, 7) is 2.78. The normalized spacial score (nSPS) is 11.2. The van der Waals surface area contributed by atoms with E-state index in [9.17, 15) is 4.79 Å². The molecule has 2 aromatic heterocycles. The number of carbonyl (C=O) groups is 1. The van der Waals surface area contributed by atoms with Gasteiger partial charge in [-0.05, 0) is 36.8 Å². The summed E-state index contributed by atoms with van der Waals surface area (Å²) in [5.41, 5.74) is 0.852. The van der Waals surface area contributed by atoms with E-state index in [4.69, 9.17) is 32.4 Å². The highest BCUT2D eigenvalue weighted by atomic mass is 35.5. The fourth-order valence-electron chi connectivity index (χ4n) is 2.52. The average molecular weight is 435 g/mol. The number of carbonyl (C=O) groups excluding carboxylic acids is 1. The van der Waals surface area contributed by atoms with Crippen molar-refractivity contribution in [2.24, 2.45) is 12.0 Å². The quantitative estimate of drug-likeness (QED) is 0.516. The van der Waals surface area contributed by atoms with Crippen LogP contribution in [0.15, 0.2) is 45.9 Å². The number of aryl methyl sites for hydroxylation is 1. The van der Waals surface area contributed by atoms with Gasteiger partial charge >= 0.3 is 0 Å². The molecule has 0 fully saturated rings. The number of nitrogens with one attached hydrogen (secondary N) is 1. The number of amides is 1. The van der Waals surface area contributed by atoms with E-state index in [0.717, 1.165) is 6.42 Å². The van der Waals surface area contributed by atoms with Crippen LogP contribution < -0.4 is 10.1 Å². The van der Waals surface area contributed by atoms with Gasteiger partial charge in [0, 0.05) is 18.6 Å². The number of aromatic nitrogens is 2. The van der Waals surface area contributed by atoms with Crippen molar-refractivity contribution >= 4 is 41.0 Å². The maximum Gasteiger partial charge on any atom is 0.271 e. The van der Waals surface area contributed by atoms with Crippen LogP contribution in [0.3, 0.4) is 0 Å². The molecule has 1 amide bonds. The van der Waals surface area contributed by atoms with Crippen LogP contribution >= 0.6 is 23.2 Å². The first-order valence-corrected chi connectivity index (χ1v) is 9.74. The summed E-state index contributed by atoms with van der Waals surface area (Å²) in [5, 5.41) is 7.90. The smallest absolute Gasteiger partial charge is 0.271 e. The number of hydrogen-bond donors (Lipinski definition) is 1. The SMILES string of the molecule is CCCNC(=O)c1c(N=Cc2ccc(COc3ccc(Cl)cc3Cl)o2)cnn1C. The second kappa shape index (κ2) is 9.62. The average Bonchev–Trinajstić information content (AvgIpc) is 3.30. The summed E-state index contributed by atoms with van der Waals surface area (Å²) in [7, 11) is 1.70. The number of hydrogen-bond acceptors (Lipinski definition) is 5. The standard InChI is InChI=1S/C20H20Cl2N4O3/c1-3-8-23-20(27)19-17(11-25-26(19)2)24-10-14-5-6-15(29-14)12-28-18-7-4-13(21)9-16(18)22/h4-7,9-11H,3,8,12H2,1-2H3,(H,23,27). The number of nitrogens with zero attached hydrogens (tertiary/aromatic N) is 3. The van der Waals surface area contributed by atoms with Crippen LogP contribution in [0.5, 0.6) is 5.75 Å². The molecule has 3 rings (SSSR count). The topological polar surface area (TPSA) is 81.7 Å². The molecule has 9 heteroatoms. The van der Waals surface area contributed by atoms with Crippen molar-refractivity contribution in [3.63, 3.8) is 0 Å². The first-order valence-electron chi connectivity index (χ1n) is 8.98. The molecule has 0 unspecified atom stereocenters. The third-order valence-corrected chi connectivity index (χ3v) is 4.48. The predicted molar refractivity (Wildman–Crippen MR) is 113 cm³/mol. The minimum atomic E-state index is -0.215. The van der Waals surface area contributed by atoms with Crippen molar-refractivity contribution in [1.29, 1.82) is 0 Å². The molecule has 0 aliphatic heterocycles. The maximum absolute atomic E-state index is 12.3. The van der Waals surface area contributed by atoms with Gasteiger partial charge in [-0.25, -0.2) is 4.99 Å². The number of aliphatic imine (C=N–C) groups is 1. The molecule has 0 radical (unpaired) electrons. The number of ether oxygens (including phenoxy) is 1. The van der Waals surface area contributed by atoms with Crippen molar-refractivity contribution in [3.8, 4) is 5.75 Å². The Hall–Kier alpha value is -2.77. The van der Waals surface area contributed by atoms with Gasteiger partial charge in [0.15, 0.2) is 5.69 Å². The summed E-state index contributed by atoms with van der Waals surface area (Å²) >= 11 is 12.0. The molecule has 29 heavy (non-hydrogen) atoms. The summed E-state index contributed by atoms with van der Waals surface area (Å²) in [4.78, 5) is 16.6. The Balaban J connectivity index is 1.66. The molecule has 0 atom stereocenters. The molecule has 0 aliphatic rings. The minimum absolute atomic E-state index is 0.201. The van der Waals surface area contributed by atoms with Gasteiger partial charge in [0.25, 0.3) is 5.91 Å². The number of halogens is 2. The molecular weight excluding hydrogens is 415 g/mol. The van der Waals surface area contributed by atoms with Crippen molar-refractivity contribution < 1.29 is 13.9 Å². The van der Waals surface area contributed by atoms with Crippen molar-refractivity contribution in [3.05, 3.63) is 63.8 Å². The highest BCUT2D eigenvalue weighted by Gasteiger charge is 2.16. The Morgan fingerprint density at radius 1 is 1.34 bits per heavy atom. The highest BCUT2D eigenvalue weighted by Crippen LogP contribution is 2.28. The van der Waals surface area contributed by atoms with Gasteiger partial charge in [-0.2, -0.15) is 5.10 Å². The van der Waals surface area contributed by atoms with E-state index in [1.54, 1.807) is 37.4 Å². The van der Waals surface area contributed by atoms with Gasteiger partial charge in [0.1, 0.15) is 29.6 Å². The second-order valence-electron chi connectivity index (χ2n) is 6.18. The molecule has 0 saturated heterocycles. The lowest BCUT2D eigenvalue weighted by molar-refractivity contribution is 0.0945. The van der Waals surface area contributed by atoms with Gasteiger partial charge in [-0.3, -0.25) is 9.48 Å². The highest BCUT2D eigenvalue weighted by molar-refractivity contribution is 6.35. The summed E-state index contributed by atoms with van der Waals surface area (Å²) < 4.78 is 12.8. The fourth-order valence-corrected chi connectivity index (χ4v) is 2.98. The lowest BCUT2D eigenvalue weighted by atomic mass is 10.3. The molecule has 1 N–H and O–H groups in total. The Bertz CT molecular complexity index is 1030. The largest absolute Gasteiger partial charge is 0.484 e. The van der Waals surface area contributed by atoms with Crippen LogP contribution in [0, 0.1) is 0 Å². The summed E-state index contributed by atoms with van der Waals surface area (Å²) in [5.74, 6) is 1.42. The Morgan fingerprint density at radius 3 is 2.93 bits per heavy atom. The first kappa shape index (κ1) is 21.0. The van der Waals surface area contributed by atoms with Gasteiger partial charge in [-0.1, -0.05) is 30.1 Å². The molecule has 3 aromatic rings. The predicted octanol–water partition coefficient (Wildman–Crippen LogP) is 4.79. The monoisotopic (exact) mass is 434 g/mol. The lowest BCUT2D eigenvalue weighted by Crippen LogP contribution is -2.26. The third kappa shape index (κ3) is 5.40. The van der Waals surface area contributed by atoms with Crippen LogP contribution in [0.2, 0.25) is 10.0 Å². The van der Waals surface area contributed by atoms with Gasteiger partial charge in [-0.15, -0.1) is 0 Å². The second-order valence-corrected chi connectivity index (χ2v) is 7.03. The number of furan rings is 1. The molecule has 152 valence electrons. The molecule has 7 nitrogen and oxygen atoms in total. The van der Waals surface area contributed by atoms with Crippen LogP contribution in [0.4, 0.5) is 5.69 Å². The molecular formula is C20H20Cl2N4O3. The van der Waals surface area contributed by atoms with Gasteiger partial charge in [0.2, 0.25) is 0 Å². The molecule has 1 aromatic carbocycles. The van der Waals surface area contributed by atoms with Crippen molar-refractivity contribution in [2.45, 2.75) is 20.0 Å². The van der Waals surface area contributed by atoms with E-state index in [2.05, 4.69) is 15.4 Å². The molecule has 0 saturated carbocycles. The molecule has 0 bridgehead atoms. The number of benzene rings is 1. The zero-order valence-corrected chi connectivity index (χ0v) is 17.5. The summed E-state index contributed by atoms with van der Waals surface area (Å²) in [6, 6.07) is 8.55. The molecule has 2 heterocycles. The zero-order chi connectivity index (χ0) is 20.8. The Morgan fingerprint density at radius 2 is 2.17 bits per heavy atom. The molecule has 0 spiro atoms. The maximum atomic E-state index is 12.3. The minimum Gasteiger partial charge on any atom is -0.484 e. The summed E-state index contributed by atoms with van der Waals surface area (Å²) in [6.07, 6.45) is 3.92. The van der Waals surface area contributed by atoms with E-state index >= 15 is 0 Å². The van der Waals surface area contributed by atoms with Crippen molar-refractivity contribution in [2.75, 3.05) is 6.54 Å². The fraction of sp³-hybridized carbons (Fsp3) is 0.250. The van der Waals surface area contributed by atoms with E-state index in [-0.39, 0.29) is 12.5 Å². The molecule has 0 aliphatic carbocycles.